The van der Waals surface area contributed by atoms with Gasteiger partial charge in [0, 0.05) is 29.5 Å². The molecule has 0 aromatic carbocycles. The molecule has 0 spiro atoms. The van der Waals surface area contributed by atoms with Crippen molar-refractivity contribution in [1.29, 1.82) is 0 Å². The van der Waals surface area contributed by atoms with E-state index >= 15 is 0 Å². The van der Waals surface area contributed by atoms with Crippen LogP contribution < -0.4 is 0 Å². The molecule has 4 nitrogen and oxygen atoms in total. The van der Waals surface area contributed by atoms with Gasteiger partial charge in [0.1, 0.15) is 5.75 Å². The van der Waals surface area contributed by atoms with Crippen molar-refractivity contribution in [3.8, 4) is 0 Å². The van der Waals surface area contributed by atoms with Crippen LogP contribution in [0.15, 0.2) is 0 Å². The van der Waals surface area contributed by atoms with Crippen molar-refractivity contribution >= 4 is 22.6 Å². The molecule has 5 heteroatoms. The van der Waals surface area contributed by atoms with Gasteiger partial charge in [-0.2, -0.15) is 0 Å². The minimum atomic E-state index is -1.13. The van der Waals surface area contributed by atoms with Gasteiger partial charge in [0.05, 0.1) is 0 Å². The van der Waals surface area contributed by atoms with E-state index < -0.39 is 10.8 Å². The predicted molar refractivity (Wildman–Crippen MR) is 63.4 cm³/mol. The number of hydrogen-bond donors (Lipinski definition) is 0. The zero-order chi connectivity index (χ0) is 12.0. The lowest BCUT2D eigenvalue weighted by Crippen LogP contribution is -2.40. The molecule has 1 aliphatic heterocycles. The normalized spacial score (nSPS) is 20.1. The Kier molecular flexibility index (Phi) is 5.66. The lowest BCUT2D eigenvalue weighted by Gasteiger charge is -2.22. The highest BCUT2D eigenvalue weighted by molar-refractivity contribution is 7.85. The Hall–Kier alpha value is -0.710. The van der Waals surface area contributed by atoms with Gasteiger partial charge in [-0.1, -0.05) is 19.8 Å². The smallest absolute Gasteiger partial charge is 0.241 e. The van der Waals surface area contributed by atoms with E-state index in [2.05, 4.69) is 0 Å². The topological polar surface area (TPSA) is 54.5 Å². The SMILES string of the molecule is CCS(=O)CC(=O)N1CCCCCCC1=O. The highest BCUT2D eigenvalue weighted by Crippen LogP contribution is 2.12. The van der Waals surface area contributed by atoms with E-state index in [1.54, 1.807) is 6.92 Å². The van der Waals surface area contributed by atoms with Crippen LogP contribution in [-0.2, 0) is 20.4 Å². The fraction of sp³-hybridized carbons (Fsp3) is 0.818. The third kappa shape index (κ3) is 4.04. The summed E-state index contributed by atoms with van der Waals surface area (Å²) in [7, 11) is -1.13. The Labute approximate surface area is 98.8 Å². The van der Waals surface area contributed by atoms with Crippen LogP contribution >= 0.6 is 0 Å². The molecule has 0 aliphatic carbocycles. The van der Waals surface area contributed by atoms with Crippen LogP contribution in [0.25, 0.3) is 0 Å². The number of imide groups is 1. The Balaban J connectivity index is 2.56. The zero-order valence-electron chi connectivity index (χ0n) is 9.74. The summed E-state index contributed by atoms with van der Waals surface area (Å²) < 4.78 is 11.3. The Morgan fingerprint density at radius 1 is 1.31 bits per heavy atom. The van der Waals surface area contributed by atoms with Crippen LogP contribution in [-0.4, -0.2) is 39.0 Å². The summed E-state index contributed by atoms with van der Waals surface area (Å²) in [4.78, 5) is 24.7. The van der Waals surface area contributed by atoms with Gasteiger partial charge in [0.15, 0.2) is 0 Å². The first-order chi connectivity index (χ1) is 7.65. The molecule has 0 radical (unpaired) electrons. The van der Waals surface area contributed by atoms with Crippen LogP contribution in [0.3, 0.4) is 0 Å². The number of nitrogens with zero attached hydrogens (tertiary/aromatic N) is 1. The van der Waals surface area contributed by atoms with Crippen molar-refractivity contribution in [3.63, 3.8) is 0 Å². The molecule has 1 saturated heterocycles. The van der Waals surface area contributed by atoms with Crippen molar-refractivity contribution in [3.05, 3.63) is 0 Å². The fourth-order valence-electron chi connectivity index (χ4n) is 1.74. The average Bonchev–Trinajstić information content (AvgIpc) is 2.23. The molecule has 2 amide bonds. The molecule has 92 valence electrons. The van der Waals surface area contributed by atoms with Gasteiger partial charge < -0.3 is 0 Å². The molecule has 16 heavy (non-hydrogen) atoms. The minimum Gasteiger partial charge on any atom is -0.282 e. The van der Waals surface area contributed by atoms with Crippen molar-refractivity contribution in [2.24, 2.45) is 0 Å². The van der Waals surface area contributed by atoms with E-state index in [0.29, 0.717) is 18.7 Å². The first kappa shape index (κ1) is 13.4. The van der Waals surface area contributed by atoms with Crippen LogP contribution in [0.5, 0.6) is 0 Å². The minimum absolute atomic E-state index is 0.0117. The second-order valence-corrected chi connectivity index (χ2v) is 5.72. The molecule has 0 saturated carbocycles. The summed E-state index contributed by atoms with van der Waals surface area (Å²) in [6.45, 7) is 2.28. The van der Waals surface area contributed by atoms with Crippen LogP contribution in [0.1, 0.15) is 39.0 Å². The second kappa shape index (κ2) is 6.78. The molecule has 1 fully saturated rings. The van der Waals surface area contributed by atoms with Crippen LogP contribution in [0, 0.1) is 0 Å². The molecule has 1 rings (SSSR count). The molecule has 0 aromatic rings. The molecule has 1 unspecified atom stereocenters. The Bertz CT molecular complexity index is 291. The number of rotatable bonds is 3. The molecule has 0 N–H and O–H groups in total. The molecule has 0 aromatic heterocycles. The molecule has 1 heterocycles. The summed E-state index contributed by atoms with van der Waals surface area (Å²) >= 11 is 0. The van der Waals surface area contributed by atoms with E-state index in [1.807, 2.05) is 0 Å². The quantitative estimate of drug-likeness (QED) is 0.747. The van der Waals surface area contributed by atoms with Gasteiger partial charge >= 0.3 is 0 Å². The van der Waals surface area contributed by atoms with E-state index in [1.165, 1.54) is 4.90 Å². The highest BCUT2D eigenvalue weighted by atomic mass is 32.2. The monoisotopic (exact) mass is 245 g/mol. The second-order valence-electron chi connectivity index (χ2n) is 3.98. The molecule has 0 bridgehead atoms. The van der Waals surface area contributed by atoms with Gasteiger partial charge in [-0.25, -0.2) is 0 Å². The molecular formula is C11H19NO3S. The van der Waals surface area contributed by atoms with Crippen LogP contribution in [0.2, 0.25) is 0 Å². The summed E-state index contributed by atoms with van der Waals surface area (Å²) in [6, 6.07) is 0. The van der Waals surface area contributed by atoms with Crippen molar-refractivity contribution < 1.29 is 13.8 Å². The lowest BCUT2D eigenvalue weighted by atomic mass is 10.1. The van der Waals surface area contributed by atoms with Gasteiger partial charge in [-0.15, -0.1) is 0 Å². The summed E-state index contributed by atoms with van der Waals surface area (Å²) in [5.74, 6) is 0.0839. The number of carbonyl (C=O) groups is 2. The molecule has 1 aliphatic rings. The standard InChI is InChI=1S/C11H19NO3S/c1-2-16(15)9-11(14)12-8-6-4-3-5-7-10(12)13/h2-9H2,1H3. The largest absolute Gasteiger partial charge is 0.282 e. The summed E-state index contributed by atoms with van der Waals surface area (Å²) in [5.41, 5.74) is 0. The predicted octanol–water partition coefficient (Wildman–Crippen LogP) is 1.07. The average molecular weight is 245 g/mol. The number of hydrogen-bond acceptors (Lipinski definition) is 3. The van der Waals surface area contributed by atoms with Crippen molar-refractivity contribution in [2.45, 2.75) is 39.0 Å². The van der Waals surface area contributed by atoms with E-state index in [0.717, 1.165) is 25.7 Å². The molecular weight excluding hydrogens is 226 g/mol. The first-order valence-corrected chi connectivity index (χ1v) is 7.32. The van der Waals surface area contributed by atoms with Gasteiger partial charge in [-0.3, -0.25) is 18.7 Å². The first-order valence-electron chi connectivity index (χ1n) is 5.83. The number of amides is 2. The van der Waals surface area contributed by atoms with E-state index in [4.69, 9.17) is 0 Å². The molecule has 1 atom stereocenters. The third-order valence-corrected chi connectivity index (χ3v) is 3.94. The lowest BCUT2D eigenvalue weighted by molar-refractivity contribution is -0.143. The summed E-state index contributed by atoms with van der Waals surface area (Å²) in [6.07, 6.45) is 4.31. The number of carbonyl (C=O) groups excluding carboxylic acids is 2. The third-order valence-electron chi connectivity index (χ3n) is 2.73. The van der Waals surface area contributed by atoms with Gasteiger partial charge in [0.2, 0.25) is 11.8 Å². The van der Waals surface area contributed by atoms with E-state index in [9.17, 15) is 13.8 Å². The number of likely N-dealkylation sites (tertiary alicyclic amines) is 1. The summed E-state index contributed by atoms with van der Waals surface area (Å²) in [5, 5.41) is 0. The maximum Gasteiger partial charge on any atom is 0.241 e. The fourth-order valence-corrected chi connectivity index (χ4v) is 2.38. The van der Waals surface area contributed by atoms with Crippen molar-refractivity contribution in [2.75, 3.05) is 18.1 Å². The van der Waals surface area contributed by atoms with E-state index in [-0.39, 0.29) is 17.6 Å². The van der Waals surface area contributed by atoms with Crippen LogP contribution in [0.4, 0.5) is 0 Å². The Morgan fingerprint density at radius 2 is 2.00 bits per heavy atom. The van der Waals surface area contributed by atoms with Crippen molar-refractivity contribution in [1.82, 2.24) is 4.90 Å². The van der Waals surface area contributed by atoms with Gasteiger partial charge in [-0.05, 0) is 12.8 Å². The Morgan fingerprint density at radius 3 is 2.69 bits per heavy atom. The maximum absolute atomic E-state index is 11.8. The van der Waals surface area contributed by atoms with Gasteiger partial charge in [0.25, 0.3) is 0 Å². The zero-order valence-corrected chi connectivity index (χ0v) is 10.6. The maximum atomic E-state index is 11.8. The highest BCUT2D eigenvalue weighted by Gasteiger charge is 2.22.